The lowest BCUT2D eigenvalue weighted by Crippen LogP contribution is -2.44. The van der Waals surface area contributed by atoms with Crippen LogP contribution in [0.15, 0.2) is 0 Å². The van der Waals surface area contributed by atoms with Crippen molar-refractivity contribution >= 4 is 5.91 Å². The second-order valence-electron chi connectivity index (χ2n) is 4.77. The van der Waals surface area contributed by atoms with Crippen LogP contribution in [0.25, 0.3) is 0 Å². The first-order valence-electron chi connectivity index (χ1n) is 6.08. The minimum absolute atomic E-state index is 0.00903. The summed E-state index contributed by atoms with van der Waals surface area (Å²) in [6.07, 6.45) is 10.2. The predicted octanol–water partition coefficient (Wildman–Crippen LogP) is 1.29. The van der Waals surface area contributed by atoms with Crippen molar-refractivity contribution in [2.45, 2.75) is 45.6 Å². The molecule has 0 saturated heterocycles. The molecule has 1 aliphatic rings. The number of rotatable bonds is 7. The van der Waals surface area contributed by atoms with Gasteiger partial charge in [-0.1, -0.05) is 19.3 Å². The van der Waals surface area contributed by atoms with Gasteiger partial charge in [0.15, 0.2) is 0 Å². The number of carbonyl (C=O) groups is 1. The summed E-state index contributed by atoms with van der Waals surface area (Å²) < 4.78 is 0. The van der Waals surface area contributed by atoms with Crippen molar-refractivity contribution in [3.63, 3.8) is 0 Å². The van der Waals surface area contributed by atoms with E-state index in [1.807, 2.05) is 6.92 Å². The highest BCUT2D eigenvalue weighted by molar-refractivity contribution is 5.81. The fraction of sp³-hybridized carbons (Fsp3) is 0.769. The maximum atomic E-state index is 11.5. The van der Waals surface area contributed by atoms with Crippen LogP contribution < -0.4 is 10.6 Å². The van der Waals surface area contributed by atoms with Crippen LogP contribution in [0.4, 0.5) is 0 Å². The molecule has 0 radical (unpaired) electrons. The van der Waals surface area contributed by atoms with Crippen LogP contribution in [-0.4, -0.2) is 25.0 Å². The SMILES string of the molecule is C#CCNC(=O)C(C)NCC1(CCC)CC1. The molecule has 0 aromatic rings. The van der Waals surface area contributed by atoms with Crippen LogP contribution >= 0.6 is 0 Å². The first-order valence-corrected chi connectivity index (χ1v) is 6.08. The van der Waals surface area contributed by atoms with E-state index >= 15 is 0 Å². The van der Waals surface area contributed by atoms with Crippen LogP contribution in [0, 0.1) is 17.8 Å². The Morgan fingerprint density at radius 2 is 2.25 bits per heavy atom. The Balaban J connectivity index is 2.22. The van der Waals surface area contributed by atoms with Gasteiger partial charge in [-0.25, -0.2) is 0 Å². The van der Waals surface area contributed by atoms with Gasteiger partial charge >= 0.3 is 0 Å². The van der Waals surface area contributed by atoms with Crippen LogP contribution in [0.1, 0.15) is 39.5 Å². The van der Waals surface area contributed by atoms with Crippen LogP contribution in [0.3, 0.4) is 0 Å². The van der Waals surface area contributed by atoms with Gasteiger partial charge in [0.25, 0.3) is 0 Å². The fourth-order valence-corrected chi connectivity index (χ4v) is 1.98. The molecule has 0 aliphatic heterocycles. The lowest BCUT2D eigenvalue weighted by Gasteiger charge is -2.18. The van der Waals surface area contributed by atoms with E-state index in [0.29, 0.717) is 12.0 Å². The van der Waals surface area contributed by atoms with Gasteiger partial charge in [-0.05, 0) is 31.6 Å². The number of amides is 1. The van der Waals surface area contributed by atoms with Crippen molar-refractivity contribution < 1.29 is 4.79 Å². The standard InChI is InChI=1S/C13H22N2O/c1-4-6-13(7-8-13)10-15-11(3)12(16)14-9-5-2/h2,11,15H,4,6-10H2,1,3H3,(H,14,16). The number of hydrogen-bond donors (Lipinski definition) is 2. The first-order chi connectivity index (χ1) is 7.63. The Bertz CT molecular complexity index is 276. The third kappa shape index (κ3) is 3.86. The molecule has 1 atom stereocenters. The number of hydrogen-bond acceptors (Lipinski definition) is 2. The molecule has 16 heavy (non-hydrogen) atoms. The molecule has 0 bridgehead atoms. The minimum atomic E-state index is -0.150. The van der Waals surface area contributed by atoms with Crippen molar-refractivity contribution in [1.82, 2.24) is 10.6 Å². The van der Waals surface area contributed by atoms with Gasteiger partial charge < -0.3 is 10.6 Å². The zero-order valence-corrected chi connectivity index (χ0v) is 10.3. The highest BCUT2D eigenvalue weighted by Gasteiger charge is 2.41. The lowest BCUT2D eigenvalue weighted by atomic mass is 10.0. The normalized spacial score (nSPS) is 18.6. The smallest absolute Gasteiger partial charge is 0.237 e. The molecule has 0 aromatic heterocycles. The van der Waals surface area contributed by atoms with Gasteiger partial charge in [0.2, 0.25) is 5.91 Å². The molecule has 1 aliphatic carbocycles. The molecule has 1 saturated carbocycles. The Labute approximate surface area is 98.4 Å². The third-order valence-corrected chi connectivity index (χ3v) is 3.28. The second kappa shape index (κ2) is 5.91. The van der Waals surface area contributed by atoms with Gasteiger partial charge in [-0.15, -0.1) is 6.42 Å². The first kappa shape index (κ1) is 13.1. The molecule has 0 spiro atoms. The van der Waals surface area contributed by atoms with Crippen molar-refractivity contribution in [3.05, 3.63) is 0 Å². The number of nitrogens with one attached hydrogen (secondary N) is 2. The molecule has 1 fully saturated rings. The van der Waals surface area contributed by atoms with Crippen molar-refractivity contribution in [2.24, 2.45) is 5.41 Å². The summed E-state index contributed by atoms with van der Waals surface area (Å²) in [6.45, 7) is 5.35. The molecule has 90 valence electrons. The summed E-state index contributed by atoms with van der Waals surface area (Å²) in [4.78, 5) is 11.5. The molecule has 2 N–H and O–H groups in total. The molecule has 0 aromatic carbocycles. The molecule has 3 heteroatoms. The Kier molecular flexibility index (Phi) is 4.82. The number of terminal acetylenes is 1. The molecule has 1 amide bonds. The van der Waals surface area contributed by atoms with E-state index in [-0.39, 0.29) is 11.9 Å². The van der Waals surface area contributed by atoms with E-state index in [2.05, 4.69) is 23.5 Å². The van der Waals surface area contributed by atoms with Gasteiger partial charge in [-0.3, -0.25) is 4.79 Å². The number of carbonyl (C=O) groups excluding carboxylic acids is 1. The van der Waals surface area contributed by atoms with Crippen LogP contribution in [0.5, 0.6) is 0 Å². The van der Waals surface area contributed by atoms with Crippen LogP contribution in [0.2, 0.25) is 0 Å². The van der Waals surface area contributed by atoms with Crippen LogP contribution in [-0.2, 0) is 4.79 Å². The predicted molar refractivity (Wildman–Crippen MR) is 65.9 cm³/mol. The molecule has 1 unspecified atom stereocenters. The summed E-state index contributed by atoms with van der Waals surface area (Å²) >= 11 is 0. The molecular weight excluding hydrogens is 200 g/mol. The van der Waals surface area contributed by atoms with Gasteiger partial charge in [0.05, 0.1) is 12.6 Å². The average Bonchev–Trinajstić information content (AvgIpc) is 3.03. The largest absolute Gasteiger partial charge is 0.344 e. The zero-order chi connectivity index (χ0) is 12.0. The molecule has 3 nitrogen and oxygen atoms in total. The molecular formula is C13H22N2O. The average molecular weight is 222 g/mol. The fourth-order valence-electron chi connectivity index (χ4n) is 1.98. The lowest BCUT2D eigenvalue weighted by molar-refractivity contribution is -0.122. The van der Waals surface area contributed by atoms with E-state index in [0.717, 1.165) is 6.54 Å². The monoisotopic (exact) mass is 222 g/mol. The Hall–Kier alpha value is -1.01. The second-order valence-corrected chi connectivity index (χ2v) is 4.77. The van der Waals surface area contributed by atoms with E-state index in [1.54, 1.807) is 0 Å². The third-order valence-electron chi connectivity index (χ3n) is 3.28. The van der Waals surface area contributed by atoms with E-state index in [9.17, 15) is 4.79 Å². The molecule has 0 heterocycles. The van der Waals surface area contributed by atoms with Gasteiger partial charge in [0, 0.05) is 6.54 Å². The highest BCUT2D eigenvalue weighted by atomic mass is 16.2. The van der Waals surface area contributed by atoms with E-state index in [4.69, 9.17) is 6.42 Å². The highest BCUT2D eigenvalue weighted by Crippen LogP contribution is 2.48. The van der Waals surface area contributed by atoms with E-state index < -0.39 is 0 Å². The maximum absolute atomic E-state index is 11.5. The topological polar surface area (TPSA) is 41.1 Å². The van der Waals surface area contributed by atoms with Crippen molar-refractivity contribution in [3.8, 4) is 12.3 Å². The van der Waals surface area contributed by atoms with E-state index in [1.165, 1.54) is 25.7 Å². The maximum Gasteiger partial charge on any atom is 0.237 e. The molecule has 1 rings (SSSR count). The van der Waals surface area contributed by atoms with Gasteiger partial charge in [-0.2, -0.15) is 0 Å². The van der Waals surface area contributed by atoms with Crippen molar-refractivity contribution in [2.75, 3.05) is 13.1 Å². The quantitative estimate of drug-likeness (QED) is 0.637. The zero-order valence-electron chi connectivity index (χ0n) is 10.3. The minimum Gasteiger partial charge on any atom is -0.344 e. The summed E-state index contributed by atoms with van der Waals surface area (Å²) in [7, 11) is 0. The summed E-state index contributed by atoms with van der Waals surface area (Å²) in [5.41, 5.74) is 0.482. The summed E-state index contributed by atoms with van der Waals surface area (Å²) in [6, 6.07) is -0.150. The van der Waals surface area contributed by atoms with Gasteiger partial charge in [0.1, 0.15) is 0 Å². The summed E-state index contributed by atoms with van der Waals surface area (Å²) in [5.74, 6) is 2.39. The summed E-state index contributed by atoms with van der Waals surface area (Å²) in [5, 5.41) is 5.98. The van der Waals surface area contributed by atoms with Crippen molar-refractivity contribution in [1.29, 1.82) is 0 Å². The Morgan fingerprint density at radius 3 is 2.75 bits per heavy atom. The Morgan fingerprint density at radius 1 is 1.56 bits per heavy atom.